The smallest absolute Gasteiger partial charge is 0.150 e. The van der Waals surface area contributed by atoms with E-state index in [2.05, 4.69) is 0 Å². The lowest BCUT2D eigenvalue weighted by atomic mass is 10.2. The average Bonchev–Trinajstić information content (AvgIpc) is 1.95. The standard InChI is InChI=1S/C7H5FO/c8-7-3-1-6(5-9)2-4-7/h1-5H/i3D. The third kappa shape index (κ3) is 1.35. The van der Waals surface area contributed by atoms with Gasteiger partial charge >= 0.3 is 0 Å². The summed E-state index contributed by atoms with van der Waals surface area (Å²) < 4.78 is 19.3. The third-order valence-corrected chi connectivity index (χ3v) is 0.935. The largest absolute Gasteiger partial charge is 0.298 e. The molecule has 1 aromatic rings. The second-order valence-corrected chi connectivity index (χ2v) is 1.59. The predicted molar refractivity (Wildman–Crippen MR) is 31.8 cm³/mol. The van der Waals surface area contributed by atoms with Crippen molar-refractivity contribution in [3.8, 4) is 0 Å². The van der Waals surface area contributed by atoms with Crippen molar-refractivity contribution in [1.82, 2.24) is 0 Å². The number of hydrogen-bond donors (Lipinski definition) is 0. The maximum atomic E-state index is 12.3. The van der Waals surface area contributed by atoms with Crippen LogP contribution in [0.1, 0.15) is 11.7 Å². The van der Waals surface area contributed by atoms with Gasteiger partial charge in [-0.05, 0) is 24.2 Å². The first kappa shape index (κ1) is 4.68. The van der Waals surface area contributed by atoms with Crippen molar-refractivity contribution < 1.29 is 10.6 Å². The molecule has 0 fully saturated rings. The van der Waals surface area contributed by atoms with E-state index in [1.807, 2.05) is 0 Å². The lowest BCUT2D eigenvalue weighted by Gasteiger charge is -1.86. The molecular formula is C7H5FO. The summed E-state index contributed by atoms with van der Waals surface area (Å²) in [6.45, 7) is 0. The second-order valence-electron chi connectivity index (χ2n) is 1.59. The molecule has 0 aliphatic rings. The normalized spacial score (nSPS) is 10.6. The Labute approximate surface area is 53.5 Å². The molecule has 1 nitrogen and oxygen atoms in total. The Morgan fingerprint density at radius 2 is 2.33 bits per heavy atom. The molecule has 0 amide bonds. The van der Waals surface area contributed by atoms with Crippen LogP contribution in [0.5, 0.6) is 0 Å². The molecule has 1 aromatic carbocycles. The Morgan fingerprint density at radius 3 is 2.89 bits per heavy atom. The summed E-state index contributed by atoms with van der Waals surface area (Å²) in [4.78, 5) is 10.1. The van der Waals surface area contributed by atoms with Gasteiger partial charge in [-0.1, -0.05) is 0 Å². The van der Waals surface area contributed by atoms with Gasteiger partial charge in [-0.15, -0.1) is 0 Å². The van der Waals surface area contributed by atoms with E-state index in [4.69, 9.17) is 1.37 Å². The Bertz CT molecular complexity index is 260. The highest BCUT2D eigenvalue weighted by Gasteiger charge is 1.87. The van der Waals surface area contributed by atoms with Gasteiger partial charge < -0.3 is 0 Å². The molecule has 0 radical (unpaired) electrons. The van der Waals surface area contributed by atoms with Gasteiger partial charge in [0.25, 0.3) is 0 Å². The van der Waals surface area contributed by atoms with Crippen LogP contribution in [-0.4, -0.2) is 6.29 Å². The van der Waals surface area contributed by atoms with Crippen LogP contribution >= 0.6 is 0 Å². The zero-order chi connectivity index (χ0) is 7.56. The first-order valence-corrected chi connectivity index (χ1v) is 2.45. The molecule has 0 aliphatic carbocycles. The minimum absolute atomic E-state index is 0.246. The molecule has 2 heteroatoms. The predicted octanol–water partition coefficient (Wildman–Crippen LogP) is 1.64. The molecule has 0 heterocycles. The highest BCUT2D eigenvalue weighted by molar-refractivity contribution is 5.74. The van der Waals surface area contributed by atoms with Gasteiger partial charge in [-0.2, -0.15) is 0 Å². The van der Waals surface area contributed by atoms with Gasteiger partial charge in [0.2, 0.25) is 0 Å². The lowest BCUT2D eigenvalue weighted by Crippen LogP contribution is -1.77. The number of carbonyl (C=O) groups excluding carboxylic acids is 1. The quantitative estimate of drug-likeness (QED) is 0.521. The number of carbonyl (C=O) groups is 1. The Balaban J connectivity index is 3.16. The number of benzene rings is 1. The second kappa shape index (κ2) is 2.40. The van der Waals surface area contributed by atoms with E-state index in [0.29, 0.717) is 11.8 Å². The summed E-state index contributed by atoms with van der Waals surface area (Å²) in [5.74, 6) is -0.606. The van der Waals surface area contributed by atoms with Crippen molar-refractivity contribution in [2.75, 3.05) is 0 Å². The minimum atomic E-state index is -0.606. The maximum Gasteiger partial charge on any atom is 0.150 e. The summed E-state index contributed by atoms with van der Waals surface area (Å²) >= 11 is 0. The fraction of sp³-hybridized carbons (Fsp3) is 0. The van der Waals surface area contributed by atoms with E-state index in [0.717, 1.165) is 6.07 Å². The molecule has 0 spiro atoms. The zero-order valence-corrected chi connectivity index (χ0v) is 4.60. The number of hydrogen-bond acceptors (Lipinski definition) is 1. The van der Waals surface area contributed by atoms with Gasteiger partial charge in [0, 0.05) is 5.56 Å². The van der Waals surface area contributed by atoms with Gasteiger partial charge in [0.15, 0.2) is 0 Å². The zero-order valence-electron chi connectivity index (χ0n) is 5.60. The monoisotopic (exact) mass is 125 g/mol. The summed E-state index contributed by atoms with van der Waals surface area (Å²) in [6.07, 6.45) is 0.581. The Morgan fingerprint density at radius 1 is 1.56 bits per heavy atom. The van der Waals surface area contributed by atoms with Crippen LogP contribution in [0.15, 0.2) is 24.2 Å². The molecule has 0 atom stereocenters. The average molecular weight is 125 g/mol. The van der Waals surface area contributed by atoms with Gasteiger partial charge in [0.1, 0.15) is 12.1 Å². The minimum Gasteiger partial charge on any atom is -0.298 e. The first-order valence-electron chi connectivity index (χ1n) is 2.95. The molecule has 0 unspecified atom stereocenters. The Hall–Kier alpha value is -1.18. The molecule has 9 heavy (non-hydrogen) atoms. The Kier molecular flexibility index (Phi) is 1.24. The maximum absolute atomic E-state index is 12.3. The highest BCUT2D eigenvalue weighted by Crippen LogP contribution is 1.98. The van der Waals surface area contributed by atoms with Crippen molar-refractivity contribution in [1.29, 1.82) is 0 Å². The molecule has 46 valence electrons. The van der Waals surface area contributed by atoms with Crippen molar-refractivity contribution in [2.45, 2.75) is 0 Å². The van der Waals surface area contributed by atoms with E-state index in [1.165, 1.54) is 12.1 Å². The summed E-state index contributed by atoms with van der Waals surface area (Å²) in [7, 11) is 0. The van der Waals surface area contributed by atoms with Crippen LogP contribution in [0, 0.1) is 5.82 Å². The van der Waals surface area contributed by atoms with Gasteiger partial charge in [-0.3, -0.25) is 4.79 Å². The van der Waals surface area contributed by atoms with Crippen LogP contribution in [0.25, 0.3) is 0 Å². The van der Waals surface area contributed by atoms with Crippen LogP contribution in [0.4, 0.5) is 4.39 Å². The molecule has 0 aliphatic heterocycles. The summed E-state index contributed by atoms with van der Waals surface area (Å²) in [5, 5.41) is 0. The SMILES string of the molecule is [2H]c1cc(C=O)ccc1F. The van der Waals surface area contributed by atoms with Crippen LogP contribution in [0.3, 0.4) is 0 Å². The van der Waals surface area contributed by atoms with Crippen LogP contribution in [-0.2, 0) is 0 Å². The van der Waals surface area contributed by atoms with Gasteiger partial charge in [-0.25, -0.2) is 4.39 Å². The third-order valence-electron chi connectivity index (χ3n) is 0.935. The first-order chi connectivity index (χ1) is 4.74. The number of aldehydes is 1. The van der Waals surface area contributed by atoms with E-state index >= 15 is 0 Å². The number of halogens is 1. The van der Waals surface area contributed by atoms with Crippen molar-refractivity contribution in [3.05, 3.63) is 35.6 Å². The van der Waals surface area contributed by atoms with Crippen LogP contribution < -0.4 is 0 Å². The molecule has 0 aromatic heterocycles. The van der Waals surface area contributed by atoms with Crippen molar-refractivity contribution >= 4 is 6.29 Å². The molecule has 1 rings (SSSR count). The fourth-order valence-electron chi connectivity index (χ4n) is 0.491. The van der Waals surface area contributed by atoms with Crippen LogP contribution in [0.2, 0.25) is 0 Å². The van der Waals surface area contributed by atoms with E-state index in [-0.39, 0.29) is 6.04 Å². The van der Waals surface area contributed by atoms with Gasteiger partial charge in [0.05, 0.1) is 1.37 Å². The summed E-state index contributed by atoms with van der Waals surface area (Å²) in [6, 6.07) is 3.37. The summed E-state index contributed by atoms with van der Waals surface area (Å²) in [5.41, 5.74) is 0.325. The highest BCUT2D eigenvalue weighted by atomic mass is 19.1. The molecular weight excluding hydrogens is 119 g/mol. The van der Waals surface area contributed by atoms with Crippen molar-refractivity contribution in [2.24, 2.45) is 0 Å². The molecule has 0 bridgehead atoms. The van der Waals surface area contributed by atoms with Crippen molar-refractivity contribution in [3.63, 3.8) is 0 Å². The fourth-order valence-corrected chi connectivity index (χ4v) is 0.491. The lowest BCUT2D eigenvalue weighted by molar-refractivity contribution is 0.112. The van der Waals surface area contributed by atoms with E-state index < -0.39 is 5.82 Å². The van der Waals surface area contributed by atoms with E-state index in [9.17, 15) is 9.18 Å². The topological polar surface area (TPSA) is 17.1 Å². The molecule has 0 saturated heterocycles. The molecule has 0 saturated carbocycles. The molecule has 0 N–H and O–H groups in total. The number of rotatable bonds is 1. The van der Waals surface area contributed by atoms with E-state index in [1.54, 1.807) is 0 Å².